The number of nitrogens with zero attached hydrogens (tertiary/aromatic N) is 2. The summed E-state index contributed by atoms with van der Waals surface area (Å²) in [5, 5.41) is 5.08. The highest BCUT2D eigenvalue weighted by molar-refractivity contribution is 6.09. The third-order valence-corrected chi connectivity index (χ3v) is 4.33. The number of ether oxygens (including phenoxy) is 1. The summed E-state index contributed by atoms with van der Waals surface area (Å²) < 4.78 is 58.8. The molecule has 1 aliphatic heterocycles. The summed E-state index contributed by atoms with van der Waals surface area (Å²) in [7, 11) is 0. The van der Waals surface area contributed by atoms with Crippen molar-refractivity contribution in [1.29, 1.82) is 0 Å². The Bertz CT molecular complexity index is 913. The van der Waals surface area contributed by atoms with Gasteiger partial charge in [0.1, 0.15) is 11.6 Å². The van der Waals surface area contributed by atoms with Crippen LogP contribution < -0.4 is 10.6 Å². The predicted octanol–water partition coefficient (Wildman–Crippen LogP) is 2.77. The van der Waals surface area contributed by atoms with E-state index in [0.717, 1.165) is 43.4 Å². The Labute approximate surface area is 170 Å². The number of rotatable bonds is 5. The number of hydrogen-bond acceptors (Lipinski definition) is 4. The molecular formula is C20H20F4N4O2. The molecule has 30 heavy (non-hydrogen) atoms. The van der Waals surface area contributed by atoms with Crippen LogP contribution in [0, 0.1) is 23.3 Å². The zero-order valence-corrected chi connectivity index (χ0v) is 15.9. The maximum Gasteiger partial charge on any atom is 0.258 e. The highest BCUT2D eigenvalue weighted by Crippen LogP contribution is 2.13. The molecule has 1 saturated heterocycles. The topological polar surface area (TPSA) is 66.0 Å². The molecule has 0 unspecified atom stereocenters. The molecule has 1 heterocycles. The molecule has 0 saturated carbocycles. The van der Waals surface area contributed by atoms with E-state index >= 15 is 0 Å². The van der Waals surface area contributed by atoms with Gasteiger partial charge in [0, 0.05) is 37.0 Å². The summed E-state index contributed by atoms with van der Waals surface area (Å²) in [5.41, 5.74) is -0.106. The third kappa shape index (κ3) is 6.26. The van der Waals surface area contributed by atoms with Gasteiger partial charge < -0.3 is 10.1 Å². The van der Waals surface area contributed by atoms with E-state index < -0.39 is 29.2 Å². The van der Waals surface area contributed by atoms with Crippen molar-refractivity contribution >= 4 is 17.6 Å². The van der Waals surface area contributed by atoms with Gasteiger partial charge in [0.05, 0.1) is 19.8 Å². The van der Waals surface area contributed by atoms with Crippen LogP contribution in [0.15, 0.2) is 41.4 Å². The Balaban J connectivity index is 1.73. The first-order chi connectivity index (χ1) is 14.4. The van der Waals surface area contributed by atoms with Gasteiger partial charge in [0.25, 0.3) is 5.91 Å². The van der Waals surface area contributed by atoms with Crippen molar-refractivity contribution in [2.45, 2.75) is 0 Å². The summed E-state index contributed by atoms with van der Waals surface area (Å²) in [6.07, 6.45) is 0. The number of guanidine groups is 1. The van der Waals surface area contributed by atoms with Gasteiger partial charge in [-0.3, -0.25) is 20.0 Å². The van der Waals surface area contributed by atoms with Crippen LogP contribution in [0.1, 0.15) is 10.4 Å². The molecule has 0 bridgehead atoms. The van der Waals surface area contributed by atoms with E-state index in [2.05, 4.69) is 20.5 Å². The molecular weight excluding hydrogens is 404 g/mol. The number of hydrogen-bond donors (Lipinski definition) is 2. The number of nitrogens with one attached hydrogen (secondary N) is 2. The van der Waals surface area contributed by atoms with Crippen LogP contribution in [-0.4, -0.2) is 56.2 Å². The van der Waals surface area contributed by atoms with Crippen LogP contribution in [-0.2, 0) is 4.74 Å². The van der Waals surface area contributed by atoms with Gasteiger partial charge in [-0.1, -0.05) is 0 Å². The molecule has 1 aliphatic rings. The Morgan fingerprint density at radius 1 is 1.00 bits per heavy atom. The lowest BCUT2D eigenvalue weighted by atomic mass is 10.2. The van der Waals surface area contributed by atoms with Crippen LogP contribution in [0.2, 0.25) is 0 Å². The average Bonchev–Trinajstić information content (AvgIpc) is 2.70. The quantitative estimate of drug-likeness (QED) is 0.440. The van der Waals surface area contributed by atoms with E-state index in [0.29, 0.717) is 25.8 Å². The van der Waals surface area contributed by atoms with E-state index in [4.69, 9.17) is 4.74 Å². The molecule has 0 aliphatic carbocycles. The molecule has 3 rings (SSSR count). The minimum atomic E-state index is -1.17. The number of carbonyl (C=O) groups is 1. The predicted molar refractivity (Wildman–Crippen MR) is 103 cm³/mol. The van der Waals surface area contributed by atoms with Gasteiger partial charge in [-0.15, -0.1) is 0 Å². The first-order valence-electron chi connectivity index (χ1n) is 9.25. The molecule has 10 heteroatoms. The van der Waals surface area contributed by atoms with Crippen molar-refractivity contribution in [3.8, 4) is 0 Å². The van der Waals surface area contributed by atoms with Crippen LogP contribution in [0.25, 0.3) is 0 Å². The Kier molecular flexibility index (Phi) is 7.36. The van der Waals surface area contributed by atoms with Crippen molar-refractivity contribution in [3.63, 3.8) is 0 Å². The van der Waals surface area contributed by atoms with Gasteiger partial charge in [-0.05, 0) is 30.3 Å². The SMILES string of the molecule is O=C(NC(=NCCN1CCOCC1)Nc1cc(F)cc(F)c1)c1ccc(F)c(F)c1. The molecule has 1 amide bonds. The molecule has 2 aromatic rings. The molecule has 160 valence electrons. The van der Waals surface area contributed by atoms with Gasteiger partial charge in [-0.25, -0.2) is 17.6 Å². The van der Waals surface area contributed by atoms with Crippen molar-refractivity contribution < 1.29 is 27.1 Å². The minimum Gasteiger partial charge on any atom is -0.379 e. The smallest absolute Gasteiger partial charge is 0.258 e. The van der Waals surface area contributed by atoms with Crippen LogP contribution >= 0.6 is 0 Å². The minimum absolute atomic E-state index is 0.0307. The lowest BCUT2D eigenvalue weighted by Gasteiger charge is -2.25. The maximum absolute atomic E-state index is 13.5. The number of halogens is 4. The lowest BCUT2D eigenvalue weighted by Crippen LogP contribution is -2.39. The fourth-order valence-electron chi connectivity index (χ4n) is 2.82. The number of carbonyl (C=O) groups excluding carboxylic acids is 1. The van der Waals surface area contributed by atoms with Crippen molar-refractivity contribution in [3.05, 3.63) is 65.2 Å². The molecule has 2 aromatic carbocycles. The van der Waals surface area contributed by atoms with E-state index in [1.54, 1.807) is 0 Å². The first kappa shape index (κ1) is 21.7. The molecule has 6 nitrogen and oxygen atoms in total. The van der Waals surface area contributed by atoms with Crippen LogP contribution in [0.5, 0.6) is 0 Å². The highest BCUT2D eigenvalue weighted by atomic mass is 19.2. The number of anilines is 1. The highest BCUT2D eigenvalue weighted by Gasteiger charge is 2.14. The monoisotopic (exact) mass is 424 g/mol. The van der Waals surface area contributed by atoms with Crippen LogP contribution in [0.4, 0.5) is 23.2 Å². The van der Waals surface area contributed by atoms with Crippen molar-refractivity contribution in [1.82, 2.24) is 10.2 Å². The maximum atomic E-state index is 13.5. The van der Waals surface area contributed by atoms with Crippen molar-refractivity contribution in [2.24, 2.45) is 4.99 Å². The second kappa shape index (κ2) is 10.2. The molecule has 0 radical (unpaired) electrons. The van der Waals surface area contributed by atoms with Gasteiger partial charge in [0.2, 0.25) is 5.96 Å². The van der Waals surface area contributed by atoms with Gasteiger partial charge in [-0.2, -0.15) is 0 Å². The number of amides is 1. The second-order valence-corrected chi connectivity index (χ2v) is 6.55. The molecule has 0 atom stereocenters. The molecule has 1 fully saturated rings. The Hall–Kier alpha value is -2.98. The largest absolute Gasteiger partial charge is 0.379 e. The average molecular weight is 424 g/mol. The zero-order chi connectivity index (χ0) is 21.5. The van der Waals surface area contributed by atoms with Gasteiger partial charge >= 0.3 is 0 Å². The number of aliphatic imine (C=N–C) groups is 1. The molecule has 2 N–H and O–H groups in total. The standard InChI is InChI=1S/C20H20F4N4O2/c21-14-10-15(22)12-16(11-14)26-20(25-3-4-28-5-7-30-8-6-28)27-19(29)13-1-2-17(23)18(24)9-13/h1-2,9-12H,3-8H2,(H2,25,26,27,29). The van der Waals surface area contributed by atoms with Crippen LogP contribution in [0.3, 0.4) is 0 Å². The molecule has 0 aromatic heterocycles. The molecule has 0 spiro atoms. The Morgan fingerprint density at radius 3 is 2.37 bits per heavy atom. The fraction of sp³-hybridized carbons (Fsp3) is 0.300. The van der Waals surface area contributed by atoms with Gasteiger partial charge in [0.15, 0.2) is 11.6 Å². The summed E-state index contributed by atoms with van der Waals surface area (Å²) in [4.78, 5) is 18.8. The van der Waals surface area contributed by atoms with E-state index in [-0.39, 0.29) is 23.8 Å². The third-order valence-electron chi connectivity index (χ3n) is 4.33. The van der Waals surface area contributed by atoms with Crippen molar-refractivity contribution in [2.75, 3.05) is 44.7 Å². The first-order valence-corrected chi connectivity index (χ1v) is 9.25. The summed E-state index contributed by atoms with van der Waals surface area (Å²) in [5.74, 6) is -4.71. The zero-order valence-electron chi connectivity index (χ0n) is 15.9. The van der Waals surface area contributed by atoms with E-state index in [9.17, 15) is 22.4 Å². The number of benzene rings is 2. The fourth-order valence-corrected chi connectivity index (χ4v) is 2.82. The summed E-state index contributed by atoms with van der Waals surface area (Å²) in [6, 6.07) is 5.46. The number of morpholine rings is 1. The van der Waals surface area contributed by atoms with E-state index in [1.165, 1.54) is 0 Å². The normalized spacial score (nSPS) is 15.1. The summed E-state index contributed by atoms with van der Waals surface area (Å²) in [6.45, 7) is 3.57. The van der Waals surface area contributed by atoms with E-state index in [1.807, 2.05) is 0 Å². The Morgan fingerprint density at radius 2 is 1.70 bits per heavy atom. The lowest BCUT2D eigenvalue weighted by molar-refractivity contribution is 0.0394. The summed E-state index contributed by atoms with van der Waals surface area (Å²) >= 11 is 0. The second-order valence-electron chi connectivity index (χ2n) is 6.55.